The van der Waals surface area contributed by atoms with E-state index in [1.165, 1.54) is 83.5 Å². The summed E-state index contributed by atoms with van der Waals surface area (Å²) in [5.74, 6) is 5.68. The molecule has 7 unspecified atom stereocenters. The third kappa shape index (κ3) is 8.57. The van der Waals surface area contributed by atoms with Crippen molar-refractivity contribution in [1.29, 1.82) is 0 Å². The second-order valence-electron chi connectivity index (χ2n) is 11.5. The lowest BCUT2D eigenvalue weighted by Gasteiger charge is -2.57. The van der Waals surface area contributed by atoms with E-state index in [4.69, 9.17) is 0 Å². The van der Waals surface area contributed by atoms with Crippen LogP contribution in [0.4, 0.5) is 0 Å². The molecule has 1 saturated carbocycles. The van der Waals surface area contributed by atoms with Gasteiger partial charge in [-0.25, -0.2) is 0 Å². The molecule has 0 nitrogen and oxygen atoms in total. The maximum Gasteiger partial charge on any atom is -0.0264 e. The van der Waals surface area contributed by atoms with Gasteiger partial charge in [-0.2, -0.15) is 0 Å². The number of hydrogen-bond donors (Lipinski definition) is 0. The topological polar surface area (TPSA) is 0 Å². The summed E-state index contributed by atoms with van der Waals surface area (Å²) in [7, 11) is 0. The quantitative estimate of drug-likeness (QED) is 0.211. The molecule has 1 rings (SSSR count). The van der Waals surface area contributed by atoms with Gasteiger partial charge in [0.15, 0.2) is 0 Å². The van der Waals surface area contributed by atoms with Gasteiger partial charge < -0.3 is 0 Å². The zero-order valence-corrected chi connectivity index (χ0v) is 21.9. The van der Waals surface area contributed by atoms with Gasteiger partial charge in [0, 0.05) is 0 Å². The molecule has 7 atom stereocenters. The molecule has 0 heterocycles. The van der Waals surface area contributed by atoms with Crippen LogP contribution in [0, 0.1) is 40.9 Å². The number of hydrogen-bond acceptors (Lipinski definition) is 0. The SMILES string of the molecule is CCCC(C)CCCCC1(CC(CCC)C(C)CC(C)CC)CC(CCC)C1C. The van der Waals surface area contributed by atoms with E-state index in [0.29, 0.717) is 5.41 Å². The van der Waals surface area contributed by atoms with Gasteiger partial charge in [0.2, 0.25) is 0 Å². The van der Waals surface area contributed by atoms with Gasteiger partial charge in [-0.3, -0.25) is 0 Å². The summed E-state index contributed by atoms with van der Waals surface area (Å²) in [6, 6.07) is 0. The fourth-order valence-electron chi connectivity index (χ4n) is 6.73. The third-order valence-corrected chi connectivity index (χ3v) is 9.01. The molecule has 0 aliphatic heterocycles. The molecule has 0 aromatic heterocycles. The van der Waals surface area contributed by atoms with Crippen LogP contribution in [0.3, 0.4) is 0 Å². The standard InChI is InChI=1S/C29H58/c1-9-15-24(6)18-13-14-19-29(22-28(17-11-3)26(29)8)21-27(16-10-2)25(7)20-23(5)12-4/h23-28H,9-22H2,1-8H3. The molecule has 0 bridgehead atoms. The van der Waals surface area contributed by atoms with Crippen molar-refractivity contribution in [3.8, 4) is 0 Å². The largest absolute Gasteiger partial charge is 0.0654 e. The van der Waals surface area contributed by atoms with Crippen molar-refractivity contribution in [3.63, 3.8) is 0 Å². The molecule has 1 fully saturated rings. The van der Waals surface area contributed by atoms with Crippen LogP contribution in [0.2, 0.25) is 0 Å². The molecule has 0 heteroatoms. The van der Waals surface area contributed by atoms with E-state index in [0.717, 1.165) is 35.5 Å². The summed E-state index contributed by atoms with van der Waals surface area (Å²) in [4.78, 5) is 0. The maximum atomic E-state index is 2.63. The summed E-state index contributed by atoms with van der Waals surface area (Å²) in [5, 5.41) is 0. The molecule has 0 spiro atoms. The molecular weight excluding hydrogens is 348 g/mol. The van der Waals surface area contributed by atoms with Crippen LogP contribution in [0.25, 0.3) is 0 Å². The summed E-state index contributed by atoms with van der Waals surface area (Å²) >= 11 is 0. The molecule has 174 valence electrons. The van der Waals surface area contributed by atoms with Crippen LogP contribution in [-0.2, 0) is 0 Å². The van der Waals surface area contributed by atoms with Crippen molar-refractivity contribution >= 4 is 0 Å². The molecule has 1 aliphatic rings. The Hall–Kier alpha value is 0. The predicted molar refractivity (Wildman–Crippen MR) is 133 cm³/mol. The highest BCUT2D eigenvalue weighted by Crippen LogP contribution is 2.60. The van der Waals surface area contributed by atoms with E-state index in [1.54, 1.807) is 6.42 Å². The Morgan fingerprint density at radius 2 is 1.52 bits per heavy atom. The second-order valence-corrected chi connectivity index (χ2v) is 11.5. The lowest BCUT2D eigenvalue weighted by molar-refractivity contribution is -0.0706. The monoisotopic (exact) mass is 406 g/mol. The Morgan fingerprint density at radius 3 is 2.07 bits per heavy atom. The fraction of sp³-hybridized carbons (Fsp3) is 1.00. The van der Waals surface area contributed by atoms with E-state index in [9.17, 15) is 0 Å². The van der Waals surface area contributed by atoms with Gasteiger partial charge in [0.05, 0.1) is 0 Å². The van der Waals surface area contributed by atoms with Crippen molar-refractivity contribution in [2.24, 2.45) is 40.9 Å². The van der Waals surface area contributed by atoms with Crippen LogP contribution in [0.15, 0.2) is 0 Å². The Balaban J connectivity index is 2.74. The van der Waals surface area contributed by atoms with Gasteiger partial charge in [-0.05, 0) is 66.6 Å². The molecule has 29 heavy (non-hydrogen) atoms. The van der Waals surface area contributed by atoms with Crippen LogP contribution in [-0.4, -0.2) is 0 Å². The number of rotatable bonds is 17. The molecule has 0 saturated heterocycles. The van der Waals surface area contributed by atoms with Crippen molar-refractivity contribution in [1.82, 2.24) is 0 Å². The third-order valence-electron chi connectivity index (χ3n) is 9.01. The summed E-state index contributed by atoms with van der Waals surface area (Å²) in [5.41, 5.74) is 0.678. The highest BCUT2D eigenvalue weighted by atomic mass is 14.6. The molecule has 1 aliphatic carbocycles. The van der Waals surface area contributed by atoms with Crippen LogP contribution in [0.5, 0.6) is 0 Å². The Kier molecular flexibility index (Phi) is 13.2. The Bertz CT molecular complexity index is 399. The molecule has 0 N–H and O–H groups in total. The van der Waals surface area contributed by atoms with Crippen molar-refractivity contribution in [2.75, 3.05) is 0 Å². The van der Waals surface area contributed by atoms with E-state index >= 15 is 0 Å². The van der Waals surface area contributed by atoms with Crippen molar-refractivity contribution < 1.29 is 0 Å². The average Bonchev–Trinajstić information content (AvgIpc) is 2.69. The maximum absolute atomic E-state index is 2.63. The van der Waals surface area contributed by atoms with E-state index < -0.39 is 0 Å². The minimum Gasteiger partial charge on any atom is -0.0654 e. The highest BCUT2D eigenvalue weighted by molar-refractivity contribution is 5.00. The molecule has 0 aromatic carbocycles. The summed E-state index contributed by atoms with van der Waals surface area (Å²) < 4.78 is 0. The predicted octanol–water partition coefficient (Wildman–Crippen LogP) is 10.3. The van der Waals surface area contributed by atoms with Crippen molar-refractivity contribution in [2.45, 2.75) is 145 Å². The zero-order chi connectivity index (χ0) is 21.9. The minimum absolute atomic E-state index is 0.678. The van der Waals surface area contributed by atoms with Gasteiger partial charge >= 0.3 is 0 Å². The van der Waals surface area contributed by atoms with Crippen molar-refractivity contribution in [3.05, 3.63) is 0 Å². The first kappa shape index (κ1) is 27.0. The van der Waals surface area contributed by atoms with E-state index in [2.05, 4.69) is 55.4 Å². The summed E-state index contributed by atoms with van der Waals surface area (Å²) in [6.07, 6.45) is 20.2. The first-order chi connectivity index (χ1) is 13.8. The van der Waals surface area contributed by atoms with Gasteiger partial charge in [-0.1, -0.05) is 120 Å². The molecular formula is C29H58. The van der Waals surface area contributed by atoms with Crippen LogP contribution < -0.4 is 0 Å². The molecule has 0 amide bonds. The van der Waals surface area contributed by atoms with Gasteiger partial charge in [0.25, 0.3) is 0 Å². The second kappa shape index (κ2) is 14.1. The highest BCUT2D eigenvalue weighted by Gasteiger charge is 2.50. The Labute approximate surface area is 186 Å². The van der Waals surface area contributed by atoms with Gasteiger partial charge in [0.1, 0.15) is 0 Å². The first-order valence-electron chi connectivity index (χ1n) is 13.8. The molecule has 0 aromatic rings. The van der Waals surface area contributed by atoms with E-state index in [1.807, 2.05) is 0 Å². The molecule has 0 radical (unpaired) electrons. The average molecular weight is 407 g/mol. The lowest BCUT2D eigenvalue weighted by atomic mass is 9.48. The zero-order valence-electron chi connectivity index (χ0n) is 21.9. The fourth-order valence-corrected chi connectivity index (χ4v) is 6.73. The van der Waals surface area contributed by atoms with Crippen LogP contribution in [0.1, 0.15) is 145 Å². The summed E-state index contributed by atoms with van der Waals surface area (Å²) in [6.45, 7) is 19.7. The van der Waals surface area contributed by atoms with Gasteiger partial charge in [-0.15, -0.1) is 0 Å². The Morgan fingerprint density at radius 1 is 0.828 bits per heavy atom. The first-order valence-corrected chi connectivity index (χ1v) is 13.8. The number of unbranched alkanes of at least 4 members (excludes halogenated alkanes) is 1. The minimum atomic E-state index is 0.678. The smallest absolute Gasteiger partial charge is 0.0264 e. The van der Waals surface area contributed by atoms with Crippen LogP contribution >= 0.6 is 0 Å². The lowest BCUT2D eigenvalue weighted by Crippen LogP contribution is -2.48. The normalized spacial score (nSPS) is 28.6. The van der Waals surface area contributed by atoms with E-state index in [-0.39, 0.29) is 0 Å².